The molecule has 2 aliphatic rings. The second-order valence-corrected chi connectivity index (χ2v) is 6.96. The zero-order valence-corrected chi connectivity index (χ0v) is 15.1. The fourth-order valence-corrected chi connectivity index (χ4v) is 4.12. The average Bonchev–Trinajstić information content (AvgIpc) is 3.06. The third-order valence-electron chi connectivity index (χ3n) is 4.46. The Morgan fingerprint density at radius 2 is 2.23 bits per heavy atom. The highest BCUT2D eigenvalue weighted by Crippen LogP contribution is 2.25. The molecule has 1 aliphatic heterocycles. The maximum atomic E-state index is 12.0. The third kappa shape index (κ3) is 4.83. The van der Waals surface area contributed by atoms with Gasteiger partial charge in [-0.3, -0.25) is 9.69 Å². The summed E-state index contributed by atoms with van der Waals surface area (Å²) in [6.45, 7) is 3.84. The summed E-state index contributed by atoms with van der Waals surface area (Å²) in [5.74, 6) is 0.348. The van der Waals surface area contributed by atoms with Crippen molar-refractivity contribution in [2.24, 2.45) is 11.7 Å². The van der Waals surface area contributed by atoms with Gasteiger partial charge in [-0.2, -0.15) is 0 Å². The number of nitrogens with one attached hydrogen (secondary N) is 1. The Kier molecular flexibility index (Phi) is 8.14. The standard InChI is InChI=1S/C15H23N3OS.2ClH/c16-13-2-1-11(9-13)15(19)17-5-7-18-6-3-14-12(10-18)4-8-20-14;;/h4,8,11,13H,1-3,5-7,9-10,16H2,(H,17,19);2*1H. The number of carbonyl (C=O) groups excluding carboxylic acids is 1. The third-order valence-corrected chi connectivity index (χ3v) is 5.48. The molecule has 2 atom stereocenters. The van der Waals surface area contributed by atoms with Gasteiger partial charge in [0.15, 0.2) is 0 Å². The lowest BCUT2D eigenvalue weighted by Gasteiger charge is -2.26. The Hall–Kier alpha value is -0.330. The summed E-state index contributed by atoms with van der Waals surface area (Å²) in [6.07, 6.45) is 3.95. The maximum absolute atomic E-state index is 12.0. The monoisotopic (exact) mass is 365 g/mol. The second-order valence-electron chi connectivity index (χ2n) is 5.96. The molecule has 126 valence electrons. The van der Waals surface area contributed by atoms with Gasteiger partial charge in [0.25, 0.3) is 0 Å². The van der Waals surface area contributed by atoms with E-state index in [-0.39, 0.29) is 42.7 Å². The molecule has 3 N–H and O–H groups in total. The van der Waals surface area contributed by atoms with E-state index in [0.29, 0.717) is 0 Å². The Bertz CT molecular complexity index is 483. The second kappa shape index (κ2) is 9.08. The van der Waals surface area contributed by atoms with Gasteiger partial charge in [-0.15, -0.1) is 36.2 Å². The number of hydrogen-bond donors (Lipinski definition) is 2. The van der Waals surface area contributed by atoms with E-state index in [2.05, 4.69) is 21.7 Å². The van der Waals surface area contributed by atoms with E-state index in [1.54, 1.807) is 0 Å². The highest BCUT2D eigenvalue weighted by atomic mass is 35.5. The molecule has 0 saturated heterocycles. The van der Waals surface area contributed by atoms with Crippen LogP contribution in [-0.2, 0) is 17.8 Å². The first kappa shape index (κ1) is 19.7. The van der Waals surface area contributed by atoms with E-state index < -0.39 is 0 Å². The molecule has 0 aromatic carbocycles. The summed E-state index contributed by atoms with van der Waals surface area (Å²) < 4.78 is 0. The van der Waals surface area contributed by atoms with Crippen molar-refractivity contribution in [3.05, 3.63) is 21.9 Å². The van der Waals surface area contributed by atoms with Gasteiger partial charge >= 0.3 is 0 Å². The molecule has 1 saturated carbocycles. The van der Waals surface area contributed by atoms with Gasteiger partial charge in [0, 0.05) is 43.0 Å². The number of carbonyl (C=O) groups is 1. The number of rotatable bonds is 4. The predicted molar refractivity (Wildman–Crippen MR) is 96.1 cm³/mol. The smallest absolute Gasteiger partial charge is 0.223 e. The fraction of sp³-hybridized carbons (Fsp3) is 0.667. The first-order chi connectivity index (χ1) is 9.72. The van der Waals surface area contributed by atoms with Crippen molar-refractivity contribution in [3.8, 4) is 0 Å². The minimum absolute atomic E-state index is 0. The molecule has 2 unspecified atom stereocenters. The van der Waals surface area contributed by atoms with E-state index in [0.717, 1.165) is 51.9 Å². The Balaban J connectivity index is 0.00000121. The largest absolute Gasteiger partial charge is 0.355 e. The van der Waals surface area contributed by atoms with E-state index >= 15 is 0 Å². The maximum Gasteiger partial charge on any atom is 0.223 e. The SMILES string of the molecule is Cl.Cl.NC1CCC(C(=O)NCCN2CCc3sccc3C2)C1. The van der Waals surface area contributed by atoms with Crippen LogP contribution in [0.25, 0.3) is 0 Å². The predicted octanol–water partition coefficient (Wildman–Crippen LogP) is 2.19. The topological polar surface area (TPSA) is 58.4 Å². The Labute approximate surface area is 148 Å². The summed E-state index contributed by atoms with van der Waals surface area (Å²) in [6, 6.07) is 2.45. The molecule has 1 aliphatic carbocycles. The number of halogens is 2. The lowest BCUT2D eigenvalue weighted by atomic mass is 10.1. The minimum Gasteiger partial charge on any atom is -0.355 e. The van der Waals surface area contributed by atoms with Crippen LogP contribution in [0.2, 0.25) is 0 Å². The zero-order chi connectivity index (χ0) is 13.9. The molecule has 1 amide bonds. The number of amides is 1. The molecule has 0 spiro atoms. The molecule has 1 aromatic heterocycles. The van der Waals surface area contributed by atoms with Gasteiger partial charge in [0.1, 0.15) is 0 Å². The first-order valence-corrected chi connectivity index (χ1v) is 8.41. The van der Waals surface area contributed by atoms with Crippen molar-refractivity contribution in [2.45, 2.75) is 38.3 Å². The van der Waals surface area contributed by atoms with E-state index in [1.165, 1.54) is 10.4 Å². The van der Waals surface area contributed by atoms with E-state index in [9.17, 15) is 4.79 Å². The molecule has 7 heteroatoms. The average molecular weight is 366 g/mol. The van der Waals surface area contributed by atoms with Crippen LogP contribution in [0, 0.1) is 5.92 Å². The van der Waals surface area contributed by atoms with E-state index in [4.69, 9.17) is 5.73 Å². The van der Waals surface area contributed by atoms with Crippen molar-refractivity contribution in [3.63, 3.8) is 0 Å². The van der Waals surface area contributed by atoms with Gasteiger partial charge in [-0.25, -0.2) is 0 Å². The molecule has 3 rings (SSSR count). The molecule has 1 aromatic rings. The molecular formula is C15H25Cl2N3OS. The summed E-state index contributed by atoms with van der Waals surface area (Å²) in [4.78, 5) is 16.0. The van der Waals surface area contributed by atoms with Gasteiger partial charge in [0.2, 0.25) is 5.91 Å². The summed E-state index contributed by atoms with van der Waals surface area (Å²) in [5.41, 5.74) is 7.32. The normalized spacial score (nSPS) is 24.0. The van der Waals surface area contributed by atoms with E-state index in [1.807, 2.05) is 11.3 Å². The lowest BCUT2D eigenvalue weighted by Crippen LogP contribution is -2.39. The Morgan fingerprint density at radius 1 is 1.41 bits per heavy atom. The number of hydrogen-bond acceptors (Lipinski definition) is 4. The summed E-state index contributed by atoms with van der Waals surface area (Å²) in [7, 11) is 0. The van der Waals surface area contributed by atoms with Crippen LogP contribution in [0.3, 0.4) is 0 Å². The fourth-order valence-electron chi connectivity index (χ4n) is 3.23. The summed E-state index contributed by atoms with van der Waals surface area (Å²) in [5, 5.41) is 5.26. The van der Waals surface area contributed by atoms with Crippen LogP contribution < -0.4 is 11.1 Å². The number of nitrogens with two attached hydrogens (primary N) is 1. The van der Waals surface area contributed by atoms with Crippen LogP contribution in [0.5, 0.6) is 0 Å². The molecule has 2 heterocycles. The number of nitrogens with zero attached hydrogens (tertiary/aromatic N) is 1. The van der Waals surface area contributed by atoms with Crippen molar-refractivity contribution in [1.29, 1.82) is 0 Å². The highest BCUT2D eigenvalue weighted by Gasteiger charge is 2.27. The Morgan fingerprint density at radius 3 is 2.95 bits per heavy atom. The highest BCUT2D eigenvalue weighted by molar-refractivity contribution is 7.10. The summed E-state index contributed by atoms with van der Waals surface area (Å²) >= 11 is 1.86. The van der Waals surface area contributed by atoms with Crippen LogP contribution in [0.4, 0.5) is 0 Å². The van der Waals surface area contributed by atoms with Crippen LogP contribution in [-0.4, -0.2) is 36.5 Å². The first-order valence-electron chi connectivity index (χ1n) is 7.53. The number of thiophene rings is 1. The van der Waals surface area contributed by atoms with Crippen molar-refractivity contribution >= 4 is 42.1 Å². The number of fused-ring (bicyclic) bond motifs is 1. The van der Waals surface area contributed by atoms with Gasteiger partial charge in [-0.1, -0.05) is 0 Å². The van der Waals surface area contributed by atoms with Gasteiger partial charge in [-0.05, 0) is 42.7 Å². The lowest BCUT2D eigenvalue weighted by molar-refractivity contribution is -0.124. The molecule has 22 heavy (non-hydrogen) atoms. The molecule has 0 bridgehead atoms. The quantitative estimate of drug-likeness (QED) is 0.859. The van der Waals surface area contributed by atoms with Crippen LogP contribution in [0.1, 0.15) is 29.7 Å². The minimum atomic E-state index is 0. The van der Waals surface area contributed by atoms with Crippen LogP contribution >= 0.6 is 36.2 Å². The molecule has 4 nitrogen and oxygen atoms in total. The van der Waals surface area contributed by atoms with Crippen LogP contribution in [0.15, 0.2) is 11.4 Å². The van der Waals surface area contributed by atoms with Crippen molar-refractivity contribution in [1.82, 2.24) is 10.2 Å². The van der Waals surface area contributed by atoms with Crippen molar-refractivity contribution in [2.75, 3.05) is 19.6 Å². The molecular weight excluding hydrogens is 341 g/mol. The van der Waals surface area contributed by atoms with Gasteiger partial charge < -0.3 is 11.1 Å². The van der Waals surface area contributed by atoms with Gasteiger partial charge in [0.05, 0.1) is 0 Å². The molecule has 0 radical (unpaired) electrons. The zero-order valence-electron chi connectivity index (χ0n) is 12.6. The van der Waals surface area contributed by atoms with Crippen molar-refractivity contribution < 1.29 is 4.79 Å². The molecule has 1 fully saturated rings.